The number of fused-ring (bicyclic) bond motifs is 2. The van der Waals surface area contributed by atoms with Crippen LogP contribution in [0.5, 0.6) is 5.75 Å². The van der Waals surface area contributed by atoms with Crippen molar-refractivity contribution in [2.45, 2.75) is 52.9 Å². The number of benzene rings is 2. The van der Waals surface area contributed by atoms with Gasteiger partial charge in [0, 0.05) is 35.3 Å². The lowest BCUT2D eigenvalue weighted by atomic mass is 9.69. The van der Waals surface area contributed by atoms with Crippen molar-refractivity contribution in [3.63, 3.8) is 0 Å². The largest absolute Gasteiger partial charge is 0.497 e. The van der Waals surface area contributed by atoms with Crippen LogP contribution < -0.4 is 9.64 Å². The van der Waals surface area contributed by atoms with Gasteiger partial charge in [-0.15, -0.1) is 0 Å². The number of anilines is 1. The number of amides is 1. The lowest BCUT2D eigenvalue weighted by molar-refractivity contribution is 0.100. The highest BCUT2D eigenvalue weighted by Gasteiger charge is 2.63. The van der Waals surface area contributed by atoms with Crippen LogP contribution in [0.25, 0.3) is 0 Å². The van der Waals surface area contributed by atoms with Crippen molar-refractivity contribution >= 4 is 28.8 Å². The molecule has 1 heterocycles. The Labute approximate surface area is 215 Å². The zero-order valence-electron chi connectivity index (χ0n) is 21.3. The van der Waals surface area contributed by atoms with E-state index in [1.165, 1.54) is 37.0 Å². The zero-order chi connectivity index (χ0) is 24.8. The van der Waals surface area contributed by atoms with E-state index in [2.05, 4.69) is 25.7 Å². The van der Waals surface area contributed by atoms with Gasteiger partial charge in [-0.2, -0.15) is 0 Å². The molecule has 0 aromatic heterocycles. The first-order chi connectivity index (χ1) is 16.8. The van der Waals surface area contributed by atoms with Gasteiger partial charge in [-0.3, -0.25) is 9.69 Å². The number of piperidine rings is 1. The van der Waals surface area contributed by atoms with Crippen LogP contribution in [0.15, 0.2) is 65.9 Å². The number of hydrogen-bond acceptors (Lipinski definition) is 4. The third-order valence-corrected chi connectivity index (χ3v) is 9.42. The van der Waals surface area contributed by atoms with Crippen LogP contribution in [0.2, 0.25) is 0 Å². The van der Waals surface area contributed by atoms with E-state index in [0.717, 1.165) is 30.9 Å². The molecule has 2 fully saturated rings. The monoisotopic (exact) mass is 488 g/mol. The molecule has 5 heteroatoms. The Kier molecular flexibility index (Phi) is 6.25. The molecule has 184 valence electrons. The van der Waals surface area contributed by atoms with Gasteiger partial charge in [0.05, 0.1) is 12.8 Å². The standard InChI is InChI=1S/C30H36N2O2S/c1-29(2)24-17-18-30(29,3)26(31-19-9-6-10-20-31)25(24)28(35)32(22-11-7-5-8-12-22)27(33)21-13-15-23(34-4)16-14-21/h5,7-8,11-16,24H,6,9-10,17-20H2,1-4H3/t24-,30+/m1/s1. The van der Waals surface area contributed by atoms with Crippen LogP contribution in [0.1, 0.15) is 63.2 Å². The number of carbonyl (C=O) groups is 1. The molecule has 2 atom stereocenters. The van der Waals surface area contributed by atoms with Crippen molar-refractivity contribution in [2.24, 2.45) is 16.7 Å². The summed E-state index contributed by atoms with van der Waals surface area (Å²) in [5.74, 6) is 0.986. The van der Waals surface area contributed by atoms with Crippen LogP contribution in [-0.2, 0) is 0 Å². The fraction of sp³-hybridized carbons (Fsp3) is 0.467. The Hall–Kier alpha value is -2.66. The molecule has 0 radical (unpaired) electrons. The number of ether oxygens (including phenoxy) is 1. The lowest BCUT2D eigenvalue weighted by Gasteiger charge is -2.43. The highest BCUT2D eigenvalue weighted by atomic mass is 32.1. The second kappa shape index (κ2) is 9.09. The zero-order valence-corrected chi connectivity index (χ0v) is 22.2. The van der Waals surface area contributed by atoms with Crippen molar-refractivity contribution < 1.29 is 9.53 Å². The minimum Gasteiger partial charge on any atom is -0.497 e. The first-order valence-corrected chi connectivity index (χ1v) is 13.3. The maximum atomic E-state index is 14.0. The average molecular weight is 489 g/mol. The number of rotatable bonds is 5. The van der Waals surface area contributed by atoms with E-state index in [4.69, 9.17) is 17.0 Å². The normalized spacial score (nSPS) is 25.0. The van der Waals surface area contributed by atoms with E-state index in [9.17, 15) is 4.79 Å². The summed E-state index contributed by atoms with van der Waals surface area (Å²) in [7, 11) is 1.63. The molecule has 0 spiro atoms. The lowest BCUT2D eigenvalue weighted by Crippen LogP contribution is -2.42. The van der Waals surface area contributed by atoms with Crippen LogP contribution >= 0.6 is 12.2 Å². The Balaban J connectivity index is 1.63. The highest BCUT2D eigenvalue weighted by Crippen LogP contribution is 2.68. The summed E-state index contributed by atoms with van der Waals surface area (Å²) >= 11 is 6.30. The number of likely N-dealkylation sites (tertiary alicyclic amines) is 1. The molecule has 1 amide bonds. The van der Waals surface area contributed by atoms with Crippen LogP contribution in [-0.4, -0.2) is 36.0 Å². The quantitative estimate of drug-likeness (QED) is 0.430. The first kappa shape index (κ1) is 24.1. The molecule has 4 nitrogen and oxygen atoms in total. The van der Waals surface area contributed by atoms with Gasteiger partial charge in [0.25, 0.3) is 5.91 Å². The van der Waals surface area contributed by atoms with Crippen molar-refractivity contribution in [1.29, 1.82) is 0 Å². The predicted molar refractivity (Wildman–Crippen MR) is 146 cm³/mol. The van der Waals surface area contributed by atoms with Crippen LogP contribution in [0.3, 0.4) is 0 Å². The average Bonchev–Trinajstić information content (AvgIpc) is 3.22. The Morgan fingerprint density at radius 3 is 2.29 bits per heavy atom. The van der Waals surface area contributed by atoms with Gasteiger partial charge in [-0.1, -0.05) is 51.2 Å². The van der Waals surface area contributed by atoms with Crippen LogP contribution in [0, 0.1) is 16.7 Å². The minimum atomic E-state index is -0.0971. The molecule has 2 aromatic carbocycles. The molecular weight excluding hydrogens is 452 g/mol. The number of nitrogens with zero attached hydrogens (tertiary/aromatic N) is 2. The van der Waals surface area contributed by atoms with Crippen molar-refractivity contribution in [3.05, 3.63) is 71.4 Å². The van der Waals surface area contributed by atoms with Gasteiger partial charge in [0.15, 0.2) is 0 Å². The molecule has 35 heavy (non-hydrogen) atoms. The Morgan fingerprint density at radius 1 is 1.00 bits per heavy atom. The molecule has 3 aliphatic rings. The molecule has 1 saturated heterocycles. The van der Waals surface area contributed by atoms with E-state index in [-0.39, 0.29) is 16.7 Å². The third kappa shape index (κ3) is 3.79. The number of thiocarbonyl (C=S) groups is 1. The summed E-state index contributed by atoms with van der Waals surface area (Å²) in [5, 5.41) is 0. The SMILES string of the molecule is COc1ccc(C(=O)N(C(=S)C2=C(N3CCCCC3)[C@]3(C)CC[C@H]2C3(C)C)c2ccccc2)cc1. The molecule has 0 unspecified atom stereocenters. The molecule has 2 aromatic rings. The van der Waals surface area contributed by atoms with Crippen molar-refractivity contribution in [1.82, 2.24) is 4.90 Å². The molecule has 1 aliphatic heterocycles. The van der Waals surface area contributed by atoms with Gasteiger partial charge in [0.1, 0.15) is 10.7 Å². The van der Waals surface area contributed by atoms with Gasteiger partial charge in [-0.25, -0.2) is 0 Å². The van der Waals surface area contributed by atoms with E-state index in [0.29, 0.717) is 16.5 Å². The summed E-state index contributed by atoms with van der Waals surface area (Å²) in [5.41, 5.74) is 4.23. The number of methoxy groups -OCH3 is 1. The van der Waals surface area contributed by atoms with Gasteiger partial charge in [0.2, 0.25) is 0 Å². The maximum absolute atomic E-state index is 14.0. The van der Waals surface area contributed by atoms with Gasteiger partial charge < -0.3 is 9.64 Å². The Bertz CT molecular complexity index is 1150. The highest BCUT2D eigenvalue weighted by molar-refractivity contribution is 7.81. The molecule has 5 rings (SSSR count). The van der Waals surface area contributed by atoms with E-state index in [1.54, 1.807) is 12.0 Å². The third-order valence-electron chi connectivity index (χ3n) is 9.01. The maximum Gasteiger partial charge on any atom is 0.263 e. The number of allylic oxidation sites excluding steroid dienone is 1. The number of para-hydroxylation sites is 1. The Morgan fingerprint density at radius 2 is 1.66 bits per heavy atom. The predicted octanol–water partition coefficient (Wildman–Crippen LogP) is 6.87. The number of carbonyl (C=O) groups excluding carboxylic acids is 1. The van der Waals surface area contributed by atoms with E-state index in [1.807, 2.05) is 54.6 Å². The molecule has 2 aliphatic carbocycles. The van der Waals surface area contributed by atoms with Gasteiger partial charge >= 0.3 is 0 Å². The summed E-state index contributed by atoms with van der Waals surface area (Å²) in [6.45, 7) is 9.41. The van der Waals surface area contributed by atoms with E-state index >= 15 is 0 Å². The van der Waals surface area contributed by atoms with Crippen LogP contribution in [0.4, 0.5) is 5.69 Å². The van der Waals surface area contributed by atoms with Crippen molar-refractivity contribution in [2.75, 3.05) is 25.1 Å². The minimum absolute atomic E-state index is 0.0694. The summed E-state index contributed by atoms with van der Waals surface area (Å²) in [6, 6.07) is 17.2. The molecular formula is C30H36N2O2S. The topological polar surface area (TPSA) is 32.8 Å². The van der Waals surface area contributed by atoms with Gasteiger partial charge in [-0.05, 0) is 79.8 Å². The smallest absolute Gasteiger partial charge is 0.263 e. The van der Waals surface area contributed by atoms with E-state index < -0.39 is 0 Å². The summed E-state index contributed by atoms with van der Waals surface area (Å²) < 4.78 is 5.31. The fourth-order valence-electron chi connectivity index (χ4n) is 6.67. The second-order valence-corrected chi connectivity index (χ2v) is 11.4. The van der Waals surface area contributed by atoms with Crippen molar-refractivity contribution in [3.8, 4) is 5.75 Å². The first-order valence-electron chi connectivity index (χ1n) is 12.9. The summed E-state index contributed by atoms with van der Waals surface area (Å²) in [6.07, 6.45) is 6.03. The molecule has 0 N–H and O–H groups in total. The second-order valence-electron chi connectivity index (χ2n) is 11.0. The summed E-state index contributed by atoms with van der Waals surface area (Å²) in [4.78, 5) is 19.1. The molecule has 2 bridgehead atoms. The number of hydrogen-bond donors (Lipinski definition) is 0. The molecule has 1 saturated carbocycles. The fourth-order valence-corrected chi connectivity index (χ4v) is 7.09.